The molecule has 5 heteroatoms. The van der Waals surface area contributed by atoms with Crippen LogP contribution in [0.25, 0.3) is 0 Å². The summed E-state index contributed by atoms with van der Waals surface area (Å²) in [6, 6.07) is 0. The number of nitrogens with two attached hydrogens (primary N) is 1. The molecule has 4 nitrogen and oxygen atoms in total. The molecule has 0 radical (unpaired) electrons. The number of hydrogen-bond acceptors (Lipinski definition) is 5. The van der Waals surface area contributed by atoms with Crippen LogP contribution in [0.5, 0.6) is 0 Å². The van der Waals surface area contributed by atoms with Crippen molar-refractivity contribution in [3.63, 3.8) is 0 Å². The lowest BCUT2D eigenvalue weighted by atomic mass is 10.3. The molecule has 0 aromatic carbocycles. The molecule has 1 atom stereocenters. The monoisotopic (exact) mass is 159 g/mol. The van der Waals surface area contributed by atoms with E-state index in [2.05, 4.69) is 9.59 Å². The molecular formula is C5H9N3OS. The average Bonchev–Trinajstić information content (AvgIpc) is 2.43. The van der Waals surface area contributed by atoms with Crippen LogP contribution in [0, 0.1) is 0 Å². The van der Waals surface area contributed by atoms with E-state index in [0.29, 0.717) is 6.54 Å². The fourth-order valence-electron chi connectivity index (χ4n) is 0.650. The second-order valence-electron chi connectivity index (χ2n) is 1.79. The predicted octanol–water partition coefficient (Wildman–Crippen LogP) is 0.184. The molecule has 0 aliphatic heterocycles. The molecule has 0 saturated carbocycles. The molecule has 1 unspecified atom stereocenters. The second-order valence-corrected chi connectivity index (χ2v) is 2.40. The highest BCUT2D eigenvalue weighted by Gasteiger charge is 2.09. The van der Waals surface area contributed by atoms with E-state index in [1.165, 1.54) is 11.5 Å². The molecule has 1 aromatic rings. The van der Waals surface area contributed by atoms with Gasteiger partial charge in [0.25, 0.3) is 0 Å². The van der Waals surface area contributed by atoms with Crippen LogP contribution in [-0.4, -0.2) is 23.2 Å². The lowest BCUT2D eigenvalue weighted by Gasteiger charge is -2.07. The molecule has 0 amide bonds. The highest BCUT2D eigenvalue weighted by Crippen LogP contribution is 2.12. The quantitative estimate of drug-likeness (QED) is 0.683. The molecule has 56 valence electrons. The number of nitrogens with zero attached hydrogens (tertiary/aromatic N) is 2. The van der Waals surface area contributed by atoms with Crippen LogP contribution < -0.4 is 5.73 Å². The zero-order valence-electron chi connectivity index (χ0n) is 5.65. The van der Waals surface area contributed by atoms with Crippen molar-refractivity contribution in [3.8, 4) is 0 Å². The van der Waals surface area contributed by atoms with E-state index >= 15 is 0 Å². The third kappa shape index (κ3) is 1.50. The summed E-state index contributed by atoms with van der Waals surface area (Å²) in [5.74, 6) is 0. The molecule has 1 rings (SSSR count). The molecule has 0 spiro atoms. The van der Waals surface area contributed by atoms with Gasteiger partial charge in [-0.15, -0.1) is 5.10 Å². The maximum Gasteiger partial charge on any atom is 0.114 e. The maximum atomic E-state index is 5.39. The third-order valence-electron chi connectivity index (χ3n) is 1.21. The van der Waals surface area contributed by atoms with Gasteiger partial charge in [0, 0.05) is 19.0 Å². The van der Waals surface area contributed by atoms with Gasteiger partial charge in [-0.1, -0.05) is 4.49 Å². The third-order valence-corrected chi connectivity index (χ3v) is 1.73. The van der Waals surface area contributed by atoms with Gasteiger partial charge in [0.1, 0.15) is 11.8 Å². The van der Waals surface area contributed by atoms with Crippen LogP contribution in [0.2, 0.25) is 0 Å². The van der Waals surface area contributed by atoms with Gasteiger partial charge in [-0.25, -0.2) is 0 Å². The van der Waals surface area contributed by atoms with Crippen LogP contribution in [0.1, 0.15) is 11.8 Å². The summed E-state index contributed by atoms with van der Waals surface area (Å²) in [5.41, 5.74) is 6.20. The summed E-state index contributed by atoms with van der Waals surface area (Å²) in [5, 5.41) is 5.66. The van der Waals surface area contributed by atoms with Crippen molar-refractivity contribution in [2.24, 2.45) is 5.73 Å². The predicted molar refractivity (Wildman–Crippen MR) is 38.7 cm³/mol. The van der Waals surface area contributed by atoms with Gasteiger partial charge in [0.05, 0.1) is 0 Å². The number of rotatable bonds is 3. The number of methoxy groups -OCH3 is 1. The molecule has 0 aliphatic rings. The minimum absolute atomic E-state index is 0.0984. The molecule has 0 fully saturated rings. The van der Waals surface area contributed by atoms with E-state index in [-0.39, 0.29) is 6.10 Å². The summed E-state index contributed by atoms with van der Waals surface area (Å²) < 4.78 is 8.72. The van der Waals surface area contributed by atoms with Crippen molar-refractivity contribution in [2.45, 2.75) is 6.10 Å². The van der Waals surface area contributed by atoms with Crippen molar-refractivity contribution < 1.29 is 4.74 Å². The SMILES string of the molecule is COC(CN)c1csnn1. The highest BCUT2D eigenvalue weighted by molar-refractivity contribution is 7.03. The van der Waals surface area contributed by atoms with E-state index in [1.807, 2.05) is 5.38 Å². The average molecular weight is 159 g/mol. The number of aromatic nitrogens is 2. The molecule has 0 saturated heterocycles. The van der Waals surface area contributed by atoms with E-state index in [1.54, 1.807) is 7.11 Å². The van der Waals surface area contributed by atoms with Crippen LogP contribution in [0.15, 0.2) is 5.38 Å². The first-order valence-electron chi connectivity index (χ1n) is 2.88. The zero-order chi connectivity index (χ0) is 7.40. The van der Waals surface area contributed by atoms with Crippen molar-refractivity contribution >= 4 is 11.5 Å². The van der Waals surface area contributed by atoms with Crippen LogP contribution in [0.4, 0.5) is 0 Å². The van der Waals surface area contributed by atoms with E-state index in [9.17, 15) is 0 Å². The highest BCUT2D eigenvalue weighted by atomic mass is 32.1. The summed E-state index contributed by atoms with van der Waals surface area (Å²) in [6.07, 6.45) is -0.0984. The summed E-state index contributed by atoms with van der Waals surface area (Å²) >= 11 is 1.30. The van der Waals surface area contributed by atoms with Crippen LogP contribution >= 0.6 is 11.5 Å². The Morgan fingerprint density at radius 1 is 1.90 bits per heavy atom. The molecule has 0 aliphatic carbocycles. The van der Waals surface area contributed by atoms with Gasteiger partial charge in [-0.3, -0.25) is 0 Å². The van der Waals surface area contributed by atoms with Crippen molar-refractivity contribution in [2.75, 3.05) is 13.7 Å². The van der Waals surface area contributed by atoms with Crippen LogP contribution in [0.3, 0.4) is 0 Å². The number of hydrogen-bond donors (Lipinski definition) is 1. The van der Waals surface area contributed by atoms with Crippen molar-refractivity contribution in [1.82, 2.24) is 9.59 Å². The molecule has 2 N–H and O–H groups in total. The first-order valence-corrected chi connectivity index (χ1v) is 3.72. The maximum absolute atomic E-state index is 5.39. The Kier molecular flexibility index (Phi) is 2.73. The Labute approximate surface area is 63.2 Å². The summed E-state index contributed by atoms with van der Waals surface area (Å²) in [7, 11) is 1.61. The Morgan fingerprint density at radius 2 is 2.70 bits per heavy atom. The first kappa shape index (κ1) is 7.59. The normalized spacial score (nSPS) is 13.4. The summed E-state index contributed by atoms with van der Waals surface area (Å²) in [6.45, 7) is 0.446. The molecule has 1 heterocycles. The Balaban J connectivity index is 2.64. The van der Waals surface area contributed by atoms with E-state index in [4.69, 9.17) is 10.5 Å². The van der Waals surface area contributed by atoms with Gasteiger partial charge >= 0.3 is 0 Å². The first-order chi connectivity index (χ1) is 4.88. The Hall–Kier alpha value is -0.520. The van der Waals surface area contributed by atoms with Crippen LogP contribution in [-0.2, 0) is 4.74 Å². The standard InChI is InChI=1S/C5H9N3OS/c1-9-5(2-6)4-3-10-8-7-4/h3,5H,2,6H2,1H3. The van der Waals surface area contributed by atoms with E-state index < -0.39 is 0 Å². The fraction of sp³-hybridized carbons (Fsp3) is 0.600. The fourth-order valence-corrected chi connectivity index (χ4v) is 1.15. The smallest absolute Gasteiger partial charge is 0.114 e. The lowest BCUT2D eigenvalue weighted by Crippen LogP contribution is -2.14. The van der Waals surface area contributed by atoms with Gasteiger partial charge < -0.3 is 10.5 Å². The number of ether oxygens (including phenoxy) is 1. The molecule has 0 bridgehead atoms. The van der Waals surface area contributed by atoms with Gasteiger partial charge in [-0.05, 0) is 11.5 Å². The minimum Gasteiger partial charge on any atom is -0.374 e. The molecule has 10 heavy (non-hydrogen) atoms. The second kappa shape index (κ2) is 3.60. The summed E-state index contributed by atoms with van der Waals surface area (Å²) in [4.78, 5) is 0. The Bertz CT molecular complexity index is 173. The van der Waals surface area contributed by atoms with Gasteiger partial charge in [0.2, 0.25) is 0 Å². The van der Waals surface area contributed by atoms with Crippen molar-refractivity contribution in [3.05, 3.63) is 11.1 Å². The van der Waals surface area contributed by atoms with Gasteiger partial charge in [-0.2, -0.15) is 0 Å². The Morgan fingerprint density at radius 3 is 3.10 bits per heavy atom. The minimum atomic E-state index is -0.0984. The topological polar surface area (TPSA) is 61.0 Å². The molecular weight excluding hydrogens is 150 g/mol. The largest absolute Gasteiger partial charge is 0.374 e. The zero-order valence-corrected chi connectivity index (χ0v) is 6.47. The van der Waals surface area contributed by atoms with E-state index in [0.717, 1.165) is 5.69 Å². The van der Waals surface area contributed by atoms with Gasteiger partial charge in [0.15, 0.2) is 0 Å². The molecule has 1 aromatic heterocycles. The van der Waals surface area contributed by atoms with Crippen molar-refractivity contribution in [1.29, 1.82) is 0 Å². The lowest BCUT2D eigenvalue weighted by molar-refractivity contribution is 0.107.